The van der Waals surface area contributed by atoms with Crippen molar-refractivity contribution >= 4 is 10.9 Å². The highest BCUT2D eigenvalue weighted by Crippen LogP contribution is 2.31. The summed E-state index contributed by atoms with van der Waals surface area (Å²) in [6.45, 7) is 0. The lowest BCUT2D eigenvalue weighted by atomic mass is 10.0. The van der Waals surface area contributed by atoms with E-state index < -0.39 is 18.6 Å². The Morgan fingerprint density at radius 3 is 2.62 bits per heavy atom. The lowest BCUT2D eigenvalue weighted by molar-refractivity contribution is -0.138. The molecule has 1 aromatic carbocycles. The summed E-state index contributed by atoms with van der Waals surface area (Å²) in [5.74, 6) is 0. The van der Waals surface area contributed by atoms with Gasteiger partial charge < -0.3 is 10.7 Å². The maximum atomic E-state index is 12.2. The molecule has 0 bridgehead atoms. The number of nitrogens with two attached hydrogens (primary N) is 1. The third-order valence-electron chi connectivity index (χ3n) is 2.47. The standard InChI is InChI=1S/C11H11F3N2/c12-11(13,14)5-9(15)8-6-16-10-4-2-1-3-7(8)10/h1-4,6,9,16H,5,15H2/t9-/m0/s1. The number of rotatable bonds is 2. The third-order valence-corrected chi connectivity index (χ3v) is 2.47. The van der Waals surface area contributed by atoms with Gasteiger partial charge in [0.1, 0.15) is 0 Å². The Morgan fingerprint density at radius 2 is 1.94 bits per heavy atom. The minimum absolute atomic E-state index is 0.507. The van der Waals surface area contributed by atoms with Crippen LogP contribution in [0.3, 0.4) is 0 Å². The molecule has 1 aromatic heterocycles. The topological polar surface area (TPSA) is 41.8 Å². The number of fused-ring (bicyclic) bond motifs is 1. The Kier molecular flexibility index (Phi) is 2.63. The molecule has 0 radical (unpaired) electrons. The van der Waals surface area contributed by atoms with E-state index in [4.69, 9.17) is 5.73 Å². The molecule has 1 heterocycles. The smallest absolute Gasteiger partial charge is 0.361 e. The lowest BCUT2D eigenvalue weighted by Crippen LogP contribution is -2.19. The van der Waals surface area contributed by atoms with E-state index in [-0.39, 0.29) is 0 Å². The molecular weight excluding hydrogens is 217 g/mol. The molecule has 0 fully saturated rings. The summed E-state index contributed by atoms with van der Waals surface area (Å²) in [5, 5.41) is 0.749. The molecule has 0 spiro atoms. The van der Waals surface area contributed by atoms with Gasteiger partial charge in [-0.3, -0.25) is 0 Å². The fourth-order valence-corrected chi connectivity index (χ4v) is 1.76. The zero-order valence-corrected chi connectivity index (χ0v) is 8.38. The van der Waals surface area contributed by atoms with Crippen LogP contribution in [0.25, 0.3) is 10.9 Å². The van der Waals surface area contributed by atoms with Crippen LogP contribution in [0.1, 0.15) is 18.0 Å². The second kappa shape index (κ2) is 3.83. The number of para-hydroxylation sites is 1. The zero-order valence-electron chi connectivity index (χ0n) is 8.38. The predicted octanol–water partition coefficient (Wildman–Crippen LogP) is 3.12. The molecule has 2 rings (SSSR count). The summed E-state index contributed by atoms with van der Waals surface area (Å²) in [7, 11) is 0. The Bertz CT molecular complexity index is 487. The molecule has 2 nitrogen and oxygen atoms in total. The van der Waals surface area contributed by atoms with Crippen molar-refractivity contribution in [2.45, 2.75) is 18.6 Å². The maximum absolute atomic E-state index is 12.2. The summed E-state index contributed by atoms with van der Waals surface area (Å²) in [6.07, 6.45) is -3.70. The molecule has 0 aliphatic carbocycles. The van der Waals surface area contributed by atoms with Gasteiger partial charge in [-0.2, -0.15) is 13.2 Å². The Morgan fingerprint density at radius 1 is 1.25 bits per heavy atom. The van der Waals surface area contributed by atoms with E-state index in [1.165, 1.54) is 0 Å². The van der Waals surface area contributed by atoms with Gasteiger partial charge >= 0.3 is 6.18 Å². The molecule has 1 atom stereocenters. The van der Waals surface area contributed by atoms with E-state index in [2.05, 4.69) is 4.98 Å². The molecule has 16 heavy (non-hydrogen) atoms. The van der Waals surface area contributed by atoms with Gasteiger partial charge in [-0.25, -0.2) is 0 Å². The molecule has 5 heteroatoms. The monoisotopic (exact) mass is 228 g/mol. The van der Waals surface area contributed by atoms with Crippen LogP contribution >= 0.6 is 0 Å². The highest BCUT2D eigenvalue weighted by molar-refractivity contribution is 5.83. The van der Waals surface area contributed by atoms with Gasteiger partial charge in [0.15, 0.2) is 0 Å². The number of halogens is 3. The fourth-order valence-electron chi connectivity index (χ4n) is 1.76. The van der Waals surface area contributed by atoms with Gasteiger partial charge in [-0.15, -0.1) is 0 Å². The van der Waals surface area contributed by atoms with Crippen LogP contribution in [0.4, 0.5) is 13.2 Å². The first-order valence-corrected chi connectivity index (χ1v) is 4.86. The summed E-state index contributed by atoms with van der Waals surface area (Å²) in [4.78, 5) is 2.91. The largest absolute Gasteiger partial charge is 0.390 e. The van der Waals surface area contributed by atoms with Crippen molar-refractivity contribution in [3.05, 3.63) is 36.0 Å². The minimum atomic E-state index is -4.24. The van der Waals surface area contributed by atoms with Gasteiger partial charge in [0, 0.05) is 23.1 Å². The summed E-state index contributed by atoms with van der Waals surface area (Å²) in [5.41, 5.74) is 6.86. The number of benzene rings is 1. The number of alkyl halides is 3. The number of aromatic amines is 1. The molecule has 0 saturated carbocycles. The van der Waals surface area contributed by atoms with E-state index in [0.29, 0.717) is 5.56 Å². The van der Waals surface area contributed by atoms with E-state index in [1.807, 2.05) is 6.07 Å². The zero-order chi connectivity index (χ0) is 11.8. The van der Waals surface area contributed by atoms with E-state index >= 15 is 0 Å². The first-order valence-electron chi connectivity index (χ1n) is 4.86. The molecule has 0 aliphatic heterocycles. The van der Waals surface area contributed by atoms with Crippen molar-refractivity contribution in [1.82, 2.24) is 4.98 Å². The Labute approximate surface area is 90.3 Å². The van der Waals surface area contributed by atoms with Crippen LogP contribution in [0.15, 0.2) is 30.5 Å². The van der Waals surface area contributed by atoms with Crippen molar-refractivity contribution in [1.29, 1.82) is 0 Å². The molecule has 3 N–H and O–H groups in total. The van der Waals surface area contributed by atoms with E-state index in [1.54, 1.807) is 24.4 Å². The number of nitrogens with one attached hydrogen (secondary N) is 1. The lowest BCUT2D eigenvalue weighted by Gasteiger charge is -2.13. The predicted molar refractivity (Wildman–Crippen MR) is 55.9 cm³/mol. The van der Waals surface area contributed by atoms with E-state index in [9.17, 15) is 13.2 Å². The number of hydrogen-bond acceptors (Lipinski definition) is 1. The Balaban J connectivity index is 2.33. The summed E-state index contributed by atoms with van der Waals surface area (Å²) in [6, 6.07) is 6.14. The van der Waals surface area contributed by atoms with Crippen molar-refractivity contribution in [2.75, 3.05) is 0 Å². The van der Waals surface area contributed by atoms with E-state index in [0.717, 1.165) is 10.9 Å². The molecule has 2 aromatic rings. The normalized spacial score (nSPS) is 14.2. The van der Waals surface area contributed by atoms with Crippen LogP contribution in [-0.2, 0) is 0 Å². The first-order chi connectivity index (χ1) is 7.47. The van der Waals surface area contributed by atoms with Gasteiger partial charge in [-0.05, 0) is 11.6 Å². The molecule has 86 valence electrons. The van der Waals surface area contributed by atoms with Crippen molar-refractivity contribution in [2.24, 2.45) is 5.73 Å². The van der Waals surface area contributed by atoms with Crippen LogP contribution in [0.2, 0.25) is 0 Å². The van der Waals surface area contributed by atoms with Crippen LogP contribution < -0.4 is 5.73 Å². The summed E-state index contributed by atoms with van der Waals surface area (Å²) >= 11 is 0. The number of H-pyrrole nitrogens is 1. The quantitative estimate of drug-likeness (QED) is 0.814. The average molecular weight is 228 g/mol. The number of hydrogen-bond donors (Lipinski definition) is 2. The van der Waals surface area contributed by atoms with Crippen molar-refractivity contribution in [3.63, 3.8) is 0 Å². The van der Waals surface area contributed by atoms with Gasteiger partial charge in [0.2, 0.25) is 0 Å². The Hall–Kier alpha value is -1.49. The SMILES string of the molecule is N[C@@H](CC(F)(F)F)c1c[nH]c2ccccc12. The van der Waals surface area contributed by atoms with Crippen molar-refractivity contribution < 1.29 is 13.2 Å². The van der Waals surface area contributed by atoms with Crippen LogP contribution in [0.5, 0.6) is 0 Å². The molecular formula is C11H11F3N2. The van der Waals surface area contributed by atoms with Gasteiger partial charge in [0.05, 0.1) is 6.42 Å². The second-order valence-corrected chi connectivity index (χ2v) is 3.72. The van der Waals surface area contributed by atoms with Crippen LogP contribution in [-0.4, -0.2) is 11.2 Å². The summed E-state index contributed by atoms with van der Waals surface area (Å²) < 4.78 is 36.6. The number of aromatic nitrogens is 1. The van der Waals surface area contributed by atoms with Gasteiger partial charge in [-0.1, -0.05) is 18.2 Å². The van der Waals surface area contributed by atoms with Crippen molar-refractivity contribution in [3.8, 4) is 0 Å². The second-order valence-electron chi connectivity index (χ2n) is 3.72. The molecule has 0 saturated heterocycles. The third kappa shape index (κ3) is 2.19. The highest BCUT2D eigenvalue weighted by Gasteiger charge is 2.31. The minimum Gasteiger partial charge on any atom is -0.361 e. The molecule has 0 aliphatic rings. The van der Waals surface area contributed by atoms with Gasteiger partial charge in [0.25, 0.3) is 0 Å². The first kappa shape index (κ1) is 11.0. The average Bonchev–Trinajstić information content (AvgIpc) is 2.58. The molecule has 0 unspecified atom stereocenters. The van der Waals surface area contributed by atoms with Crippen LogP contribution in [0, 0.1) is 0 Å². The maximum Gasteiger partial charge on any atom is 0.390 e. The fraction of sp³-hybridized carbons (Fsp3) is 0.273. The highest BCUT2D eigenvalue weighted by atomic mass is 19.4. The molecule has 0 amide bonds.